The smallest absolute Gasteiger partial charge is 0.415 e. The Morgan fingerprint density at radius 2 is 1.91 bits per heavy atom. The molecule has 1 amide bonds. The van der Waals surface area contributed by atoms with Crippen molar-refractivity contribution >= 4 is 6.09 Å². The number of hydrogen-bond donors (Lipinski definition) is 0. The second kappa shape index (κ2) is 6.10. The average Bonchev–Trinajstić information content (AvgIpc) is 2.55. The monoisotopic (exact) mass is 297 g/mol. The molecule has 22 heavy (non-hydrogen) atoms. The Morgan fingerprint density at radius 1 is 1.14 bits per heavy atom. The summed E-state index contributed by atoms with van der Waals surface area (Å²) in [6, 6.07) is 15.2. The quantitative estimate of drug-likeness (QED) is 0.846. The van der Waals surface area contributed by atoms with E-state index in [0.717, 1.165) is 17.7 Å². The van der Waals surface area contributed by atoms with Crippen molar-refractivity contribution in [2.45, 2.75) is 19.4 Å². The molecule has 0 aliphatic carbocycles. The molecule has 1 aliphatic heterocycles. The summed E-state index contributed by atoms with van der Waals surface area (Å²) in [6.07, 6.45) is 0.501. The fraction of sp³-hybridized carbons (Fsp3) is 0.278. The number of nitrogens with zero attached hydrogens (tertiary/aromatic N) is 1. The highest BCUT2D eigenvalue weighted by Crippen LogP contribution is 2.32. The van der Waals surface area contributed by atoms with Crippen LogP contribution in [0.3, 0.4) is 0 Å². The molecule has 0 N–H and O–H groups in total. The maximum Gasteiger partial charge on any atom is 0.415 e. The van der Waals surface area contributed by atoms with Crippen molar-refractivity contribution in [2.24, 2.45) is 0 Å². The summed E-state index contributed by atoms with van der Waals surface area (Å²) < 4.78 is 10.7. The lowest BCUT2D eigenvalue weighted by atomic mass is 9.93. The number of rotatable bonds is 2. The first-order chi connectivity index (χ1) is 10.7. The van der Waals surface area contributed by atoms with Gasteiger partial charge in [0.2, 0.25) is 0 Å². The first-order valence-electron chi connectivity index (χ1n) is 7.39. The van der Waals surface area contributed by atoms with Crippen LogP contribution in [0.4, 0.5) is 4.79 Å². The second-order valence-electron chi connectivity index (χ2n) is 5.37. The summed E-state index contributed by atoms with van der Waals surface area (Å²) in [4.78, 5) is 14.2. The molecule has 1 heterocycles. The van der Waals surface area contributed by atoms with Crippen molar-refractivity contribution < 1.29 is 14.3 Å². The molecule has 0 fully saturated rings. The van der Waals surface area contributed by atoms with Gasteiger partial charge < -0.3 is 14.4 Å². The van der Waals surface area contributed by atoms with Gasteiger partial charge in [-0.25, -0.2) is 4.79 Å². The molecule has 114 valence electrons. The summed E-state index contributed by atoms with van der Waals surface area (Å²) in [6.45, 7) is 2.67. The molecule has 0 saturated heterocycles. The predicted molar refractivity (Wildman–Crippen MR) is 84.3 cm³/mol. The normalized spacial score (nSPS) is 16.8. The Labute approximate surface area is 130 Å². The summed E-state index contributed by atoms with van der Waals surface area (Å²) >= 11 is 0. The molecule has 0 bridgehead atoms. The molecule has 2 aromatic rings. The van der Waals surface area contributed by atoms with Crippen LogP contribution in [0.25, 0.3) is 0 Å². The molecule has 4 nitrogen and oxygen atoms in total. The molecule has 1 atom stereocenters. The molecule has 0 radical (unpaired) electrons. The minimum atomic E-state index is -0.305. The second-order valence-corrected chi connectivity index (χ2v) is 5.37. The Hall–Kier alpha value is -2.49. The fourth-order valence-electron chi connectivity index (χ4n) is 2.83. The third-order valence-electron chi connectivity index (χ3n) is 4.07. The summed E-state index contributed by atoms with van der Waals surface area (Å²) in [5.74, 6) is 1.42. The van der Waals surface area contributed by atoms with Gasteiger partial charge in [-0.3, -0.25) is 0 Å². The number of fused-ring (bicyclic) bond motifs is 1. The SMILES string of the molecule is COc1ccc2c(c1)CCN(C(=O)Oc1ccccc1)C2C. The molecule has 3 rings (SSSR count). The molecule has 1 aliphatic rings. The Morgan fingerprint density at radius 3 is 2.64 bits per heavy atom. The van der Waals surface area contributed by atoms with Crippen molar-refractivity contribution in [3.8, 4) is 11.5 Å². The zero-order valence-electron chi connectivity index (χ0n) is 12.8. The topological polar surface area (TPSA) is 38.8 Å². The van der Waals surface area contributed by atoms with Crippen molar-refractivity contribution in [3.63, 3.8) is 0 Å². The maximum atomic E-state index is 12.4. The van der Waals surface area contributed by atoms with E-state index in [1.54, 1.807) is 24.1 Å². The van der Waals surface area contributed by atoms with Crippen molar-refractivity contribution in [1.82, 2.24) is 4.90 Å². The van der Waals surface area contributed by atoms with Crippen molar-refractivity contribution in [2.75, 3.05) is 13.7 Å². The highest BCUT2D eigenvalue weighted by molar-refractivity contribution is 5.72. The van der Waals surface area contributed by atoms with Crippen LogP contribution in [0.1, 0.15) is 24.1 Å². The van der Waals surface area contributed by atoms with Gasteiger partial charge in [0, 0.05) is 6.54 Å². The Bertz CT molecular complexity index is 669. The molecule has 1 unspecified atom stereocenters. The molecular weight excluding hydrogens is 278 g/mol. The van der Waals surface area contributed by atoms with E-state index < -0.39 is 0 Å². The summed E-state index contributed by atoms with van der Waals surface area (Å²) in [5.41, 5.74) is 2.38. The van der Waals surface area contributed by atoms with Gasteiger partial charge in [-0.2, -0.15) is 0 Å². The molecule has 4 heteroatoms. The fourth-order valence-corrected chi connectivity index (χ4v) is 2.83. The van der Waals surface area contributed by atoms with Crippen LogP contribution in [0.5, 0.6) is 11.5 Å². The van der Waals surface area contributed by atoms with E-state index in [1.807, 2.05) is 43.3 Å². The van der Waals surface area contributed by atoms with E-state index in [9.17, 15) is 4.79 Å². The standard InChI is InChI=1S/C18H19NO3/c1-13-17-9-8-16(21-2)12-14(17)10-11-19(13)18(20)22-15-6-4-3-5-7-15/h3-9,12-13H,10-11H2,1-2H3. The maximum absolute atomic E-state index is 12.4. The van der Waals surface area contributed by atoms with Crippen LogP contribution >= 0.6 is 0 Å². The molecule has 2 aromatic carbocycles. The number of carbonyl (C=O) groups excluding carboxylic acids is 1. The zero-order chi connectivity index (χ0) is 15.5. The third-order valence-corrected chi connectivity index (χ3v) is 4.07. The van der Waals surface area contributed by atoms with Crippen LogP contribution in [0.15, 0.2) is 48.5 Å². The van der Waals surface area contributed by atoms with Crippen molar-refractivity contribution in [3.05, 3.63) is 59.7 Å². The third kappa shape index (κ3) is 2.77. The number of hydrogen-bond acceptors (Lipinski definition) is 3. The highest BCUT2D eigenvalue weighted by Gasteiger charge is 2.29. The van der Waals surface area contributed by atoms with Crippen molar-refractivity contribution in [1.29, 1.82) is 0 Å². The van der Waals surface area contributed by atoms with Gasteiger partial charge in [0.15, 0.2) is 0 Å². The molecular formula is C18H19NO3. The number of carbonyl (C=O) groups is 1. The highest BCUT2D eigenvalue weighted by atomic mass is 16.6. The van der Waals surface area contributed by atoms with Crippen LogP contribution in [0, 0.1) is 0 Å². The van der Waals surface area contributed by atoms with Crippen LogP contribution in [-0.4, -0.2) is 24.6 Å². The largest absolute Gasteiger partial charge is 0.497 e. The van der Waals surface area contributed by atoms with Crippen LogP contribution in [0.2, 0.25) is 0 Å². The minimum Gasteiger partial charge on any atom is -0.497 e. The van der Waals surface area contributed by atoms with E-state index in [4.69, 9.17) is 9.47 Å². The minimum absolute atomic E-state index is 0.00846. The molecule has 0 saturated carbocycles. The lowest BCUT2D eigenvalue weighted by Crippen LogP contribution is -2.40. The van der Waals surface area contributed by atoms with Gasteiger partial charge in [-0.05, 0) is 48.7 Å². The number of benzene rings is 2. The number of methoxy groups -OCH3 is 1. The Balaban J connectivity index is 1.77. The number of amides is 1. The number of para-hydroxylation sites is 1. The van der Waals surface area contributed by atoms with E-state index in [-0.39, 0.29) is 12.1 Å². The van der Waals surface area contributed by atoms with Gasteiger partial charge in [0.05, 0.1) is 13.2 Å². The summed E-state index contributed by atoms with van der Waals surface area (Å²) in [7, 11) is 1.66. The average molecular weight is 297 g/mol. The predicted octanol–water partition coefficient (Wildman–Crippen LogP) is 3.81. The van der Waals surface area contributed by atoms with Crippen LogP contribution < -0.4 is 9.47 Å². The first kappa shape index (κ1) is 14.4. The van der Waals surface area contributed by atoms with Gasteiger partial charge in [0.1, 0.15) is 11.5 Å². The van der Waals surface area contributed by atoms with Gasteiger partial charge in [-0.15, -0.1) is 0 Å². The lowest BCUT2D eigenvalue weighted by Gasteiger charge is -2.34. The van der Waals surface area contributed by atoms with Gasteiger partial charge in [-0.1, -0.05) is 24.3 Å². The van der Waals surface area contributed by atoms with Crippen LogP contribution in [-0.2, 0) is 6.42 Å². The summed E-state index contributed by atoms with van der Waals surface area (Å²) in [5, 5.41) is 0. The molecule has 0 aromatic heterocycles. The zero-order valence-corrected chi connectivity index (χ0v) is 12.8. The van der Waals surface area contributed by atoms with E-state index in [0.29, 0.717) is 12.3 Å². The van der Waals surface area contributed by atoms with E-state index in [2.05, 4.69) is 0 Å². The van der Waals surface area contributed by atoms with E-state index >= 15 is 0 Å². The lowest BCUT2D eigenvalue weighted by molar-refractivity contribution is 0.131. The van der Waals surface area contributed by atoms with E-state index in [1.165, 1.54) is 5.56 Å². The Kier molecular flexibility index (Phi) is 4.00. The molecule has 0 spiro atoms. The number of ether oxygens (including phenoxy) is 2. The first-order valence-corrected chi connectivity index (χ1v) is 7.39. The van der Waals surface area contributed by atoms with Gasteiger partial charge >= 0.3 is 6.09 Å². The van der Waals surface area contributed by atoms with Gasteiger partial charge in [0.25, 0.3) is 0 Å².